The molecule has 2 heterocycles. The monoisotopic (exact) mass is 510 g/mol. The van der Waals surface area contributed by atoms with Crippen LogP contribution < -0.4 is 4.90 Å². The fourth-order valence-electron chi connectivity index (χ4n) is 4.17. The Morgan fingerprint density at radius 1 is 1.05 bits per heavy atom. The van der Waals surface area contributed by atoms with E-state index in [0.29, 0.717) is 6.07 Å². The topological polar surface area (TPSA) is 95.1 Å². The SMILES string of the molecule is CCCCc1cn(-c2ccc(CN3C(=O)N(c4ccc(C#N)c(C(F)(F)F)c4)C(=O)C3(C)C)cc2)nn1. The van der Waals surface area contributed by atoms with Gasteiger partial charge in [-0.05, 0) is 62.6 Å². The van der Waals surface area contributed by atoms with Gasteiger partial charge in [0.1, 0.15) is 5.54 Å². The van der Waals surface area contributed by atoms with Crippen molar-refractivity contribution in [2.45, 2.75) is 58.3 Å². The van der Waals surface area contributed by atoms with Crippen molar-refractivity contribution >= 4 is 17.6 Å². The average molecular weight is 511 g/mol. The first kappa shape index (κ1) is 25.9. The van der Waals surface area contributed by atoms with Crippen molar-refractivity contribution in [2.24, 2.45) is 0 Å². The molecule has 2 aromatic carbocycles. The molecule has 1 aromatic heterocycles. The predicted octanol–water partition coefficient (Wildman–Crippen LogP) is 5.25. The summed E-state index contributed by atoms with van der Waals surface area (Å²) in [5, 5.41) is 17.4. The molecule has 0 atom stereocenters. The summed E-state index contributed by atoms with van der Waals surface area (Å²) in [6.07, 6.45) is -0.0322. The van der Waals surface area contributed by atoms with Gasteiger partial charge in [0.2, 0.25) is 0 Å². The summed E-state index contributed by atoms with van der Waals surface area (Å²) in [5.74, 6) is -0.658. The second-order valence-corrected chi connectivity index (χ2v) is 9.33. The summed E-state index contributed by atoms with van der Waals surface area (Å²) in [6.45, 7) is 5.26. The van der Waals surface area contributed by atoms with E-state index in [1.807, 2.05) is 18.3 Å². The zero-order valence-corrected chi connectivity index (χ0v) is 20.6. The molecule has 0 N–H and O–H groups in total. The summed E-state index contributed by atoms with van der Waals surface area (Å²) >= 11 is 0. The summed E-state index contributed by atoms with van der Waals surface area (Å²) in [5.41, 5.74) is -0.935. The lowest BCUT2D eigenvalue weighted by Gasteiger charge is -2.27. The molecule has 1 fully saturated rings. The van der Waals surface area contributed by atoms with Crippen molar-refractivity contribution in [3.05, 3.63) is 71.0 Å². The highest BCUT2D eigenvalue weighted by Gasteiger charge is 2.52. The van der Waals surface area contributed by atoms with Crippen molar-refractivity contribution < 1.29 is 22.8 Å². The van der Waals surface area contributed by atoms with E-state index in [4.69, 9.17) is 5.26 Å². The quantitative estimate of drug-likeness (QED) is 0.405. The van der Waals surface area contributed by atoms with E-state index in [1.165, 1.54) is 17.0 Å². The summed E-state index contributed by atoms with van der Waals surface area (Å²) in [6, 6.07) is 10.8. The largest absolute Gasteiger partial charge is 0.417 e. The molecule has 8 nitrogen and oxygen atoms in total. The highest BCUT2D eigenvalue weighted by Crippen LogP contribution is 2.38. The molecule has 3 aromatic rings. The van der Waals surface area contributed by atoms with E-state index in [2.05, 4.69) is 17.2 Å². The number of urea groups is 1. The highest BCUT2D eigenvalue weighted by atomic mass is 19.4. The van der Waals surface area contributed by atoms with Crippen LogP contribution in [-0.4, -0.2) is 37.4 Å². The van der Waals surface area contributed by atoms with E-state index in [0.717, 1.165) is 47.2 Å². The van der Waals surface area contributed by atoms with Gasteiger partial charge in [-0.3, -0.25) is 4.79 Å². The van der Waals surface area contributed by atoms with Crippen molar-refractivity contribution in [2.75, 3.05) is 4.90 Å². The number of halogens is 3. The van der Waals surface area contributed by atoms with Crippen LogP contribution >= 0.6 is 0 Å². The first-order valence-electron chi connectivity index (χ1n) is 11.8. The first-order valence-corrected chi connectivity index (χ1v) is 11.8. The van der Waals surface area contributed by atoms with Crippen LogP contribution in [0.2, 0.25) is 0 Å². The normalized spacial score (nSPS) is 15.4. The fourth-order valence-corrected chi connectivity index (χ4v) is 4.17. The molecule has 1 aliphatic rings. The number of amides is 3. The van der Waals surface area contributed by atoms with E-state index in [9.17, 15) is 22.8 Å². The molecule has 1 saturated heterocycles. The van der Waals surface area contributed by atoms with Crippen molar-refractivity contribution in [3.63, 3.8) is 0 Å². The molecule has 0 spiro atoms. The Morgan fingerprint density at radius 3 is 2.35 bits per heavy atom. The average Bonchev–Trinajstić information content (AvgIpc) is 3.40. The number of imide groups is 1. The van der Waals surface area contributed by atoms with Gasteiger partial charge in [0.15, 0.2) is 0 Å². The first-order chi connectivity index (χ1) is 17.5. The summed E-state index contributed by atoms with van der Waals surface area (Å²) in [4.78, 5) is 28.5. The minimum atomic E-state index is -4.81. The number of unbranched alkanes of at least 4 members (excludes halogenated alkanes) is 1. The van der Waals surface area contributed by atoms with Gasteiger partial charge in [0.25, 0.3) is 5.91 Å². The number of aryl methyl sites for hydroxylation is 1. The molecule has 11 heteroatoms. The van der Waals surface area contributed by atoms with E-state index < -0.39 is 34.8 Å². The number of rotatable bonds is 7. The Kier molecular flexibility index (Phi) is 6.78. The Bertz CT molecular complexity index is 1370. The van der Waals surface area contributed by atoms with Gasteiger partial charge in [0, 0.05) is 6.54 Å². The molecular formula is C26H25F3N6O2. The molecule has 3 amide bonds. The lowest BCUT2D eigenvalue weighted by Crippen LogP contribution is -2.43. The van der Waals surface area contributed by atoms with Gasteiger partial charge in [-0.15, -0.1) is 5.10 Å². The molecule has 192 valence electrons. The minimum Gasteiger partial charge on any atom is -0.305 e. The number of benzene rings is 2. The third kappa shape index (κ3) is 4.91. The second kappa shape index (κ2) is 9.69. The maximum atomic E-state index is 13.5. The number of aromatic nitrogens is 3. The third-order valence-corrected chi connectivity index (χ3v) is 6.38. The zero-order valence-electron chi connectivity index (χ0n) is 20.6. The van der Waals surface area contributed by atoms with Crippen LogP contribution in [-0.2, 0) is 23.9 Å². The minimum absolute atomic E-state index is 0.0653. The molecule has 0 aliphatic carbocycles. The summed E-state index contributed by atoms with van der Waals surface area (Å²) in [7, 11) is 0. The van der Waals surface area contributed by atoms with Crippen LogP contribution in [0, 0.1) is 11.3 Å². The smallest absolute Gasteiger partial charge is 0.305 e. The van der Waals surface area contributed by atoms with Gasteiger partial charge in [-0.2, -0.15) is 18.4 Å². The molecule has 0 saturated carbocycles. The van der Waals surface area contributed by atoms with E-state index >= 15 is 0 Å². The number of carbonyl (C=O) groups excluding carboxylic acids is 2. The number of anilines is 1. The van der Waals surface area contributed by atoms with Crippen molar-refractivity contribution in [1.29, 1.82) is 5.26 Å². The van der Waals surface area contributed by atoms with Crippen LogP contribution in [0.1, 0.15) is 56.0 Å². The number of carbonyl (C=O) groups is 2. The summed E-state index contributed by atoms with van der Waals surface area (Å²) < 4.78 is 42.1. The van der Waals surface area contributed by atoms with Crippen molar-refractivity contribution in [3.8, 4) is 11.8 Å². The Hall–Kier alpha value is -4.20. The molecule has 4 rings (SSSR count). The van der Waals surface area contributed by atoms with Crippen LogP contribution in [0.3, 0.4) is 0 Å². The maximum absolute atomic E-state index is 13.5. The van der Waals surface area contributed by atoms with Gasteiger partial charge in [0.05, 0.1) is 40.5 Å². The zero-order chi connectivity index (χ0) is 27.0. The van der Waals surface area contributed by atoms with Gasteiger partial charge in [-0.1, -0.05) is 30.7 Å². The molecule has 0 radical (unpaired) electrons. The Balaban J connectivity index is 1.57. The van der Waals surface area contributed by atoms with Crippen LogP contribution in [0.25, 0.3) is 5.69 Å². The van der Waals surface area contributed by atoms with Crippen LogP contribution in [0.5, 0.6) is 0 Å². The Labute approximate surface area is 211 Å². The lowest BCUT2D eigenvalue weighted by atomic mass is 10.0. The van der Waals surface area contributed by atoms with Gasteiger partial charge >= 0.3 is 12.2 Å². The predicted molar refractivity (Wildman–Crippen MR) is 129 cm³/mol. The molecule has 1 aliphatic heterocycles. The lowest BCUT2D eigenvalue weighted by molar-refractivity contribution is -0.137. The number of hydrogen-bond donors (Lipinski definition) is 0. The van der Waals surface area contributed by atoms with Crippen LogP contribution in [0.4, 0.5) is 23.7 Å². The number of alkyl halides is 3. The standard InChI is InChI=1S/C26H25F3N6O2/c1-4-5-6-19-16-34(32-31-19)20-10-7-17(8-11-20)15-33-24(37)35(23(36)25(33,2)3)21-12-9-18(14-30)22(13-21)26(27,28)29/h7-13,16H,4-6,15H2,1-3H3. The van der Waals surface area contributed by atoms with E-state index in [1.54, 1.807) is 30.7 Å². The third-order valence-electron chi connectivity index (χ3n) is 6.38. The molecular weight excluding hydrogens is 485 g/mol. The number of hydrogen-bond acceptors (Lipinski definition) is 5. The molecule has 0 bridgehead atoms. The van der Waals surface area contributed by atoms with Gasteiger partial charge < -0.3 is 4.90 Å². The fraction of sp³-hybridized carbons (Fsp3) is 0.346. The van der Waals surface area contributed by atoms with Crippen molar-refractivity contribution in [1.82, 2.24) is 19.9 Å². The molecule has 0 unspecified atom stereocenters. The Morgan fingerprint density at radius 2 is 1.73 bits per heavy atom. The second-order valence-electron chi connectivity index (χ2n) is 9.33. The van der Waals surface area contributed by atoms with E-state index in [-0.39, 0.29) is 12.2 Å². The van der Waals surface area contributed by atoms with Crippen LogP contribution in [0.15, 0.2) is 48.7 Å². The maximum Gasteiger partial charge on any atom is 0.417 e. The highest BCUT2D eigenvalue weighted by molar-refractivity contribution is 6.23. The number of nitrogens with zero attached hydrogens (tertiary/aromatic N) is 6. The van der Waals surface area contributed by atoms with Gasteiger partial charge in [-0.25, -0.2) is 14.4 Å². The molecule has 37 heavy (non-hydrogen) atoms. The number of nitriles is 1.